The zero-order valence-electron chi connectivity index (χ0n) is 18.1. The van der Waals surface area contributed by atoms with Gasteiger partial charge in [0.1, 0.15) is 19.3 Å². The van der Waals surface area contributed by atoms with Crippen LogP contribution >= 0.6 is 0 Å². The summed E-state index contributed by atoms with van der Waals surface area (Å²) in [6, 6.07) is 10.2. The van der Waals surface area contributed by atoms with E-state index in [0.29, 0.717) is 30.4 Å². The first kappa shape index (κ1) is 23.6. The van der Waals surface area contributed by atoms with Crippen molar-refractivity contribution >= 4 is 27.6 Å². The number of hydrogen-bond donors (Lipinski definition) is 2. The normalized spacial score (nSPS) is 14.0. The summed E-state index contributed by atoms with van der Waals surface area (Å²) in [5, 5.41) is 2.63. The second-order valence-corrected chi connectivity index (χ2v) is 9.39. The summed E-state index contributed by atoms with van der Waals surface area (Å²) in [7, 11) is -4.06. The van der Waals surface area contributed by atoms with Crippen LogP contribution in [0, 0.1) is 12.8 Å². The summed E-state index contributed by atoms with van der Waals surface area (Å²) < 4.78 is 44.0. The minimum Gasteiger partial charge on any atom is -0.486 e. The predicted octanol–water partition coefficient (Wildman–Crippen LogP) is 2.25. The van der Waals surface area contributed by atoms with E-state index in [-0.39, 0.29) is 4.90 Å². The number of sulfonamides is 1. The standard InChI is InChI=1S/C22H26N2O7S/c1-14(2)21(22(26)31-13-20(25)23-16-6-4-5-15(3)11-16)24-32(27,28)17-7-8-18-19(12-17)30-10-9-29-18/h4-8,11-12,14,21,24H,9-10,13H2,1-3H3,(H,23,25)/t21-/m0/s1. The van der Waals surface area contributed by atoms with Gasteiger partial charge < -0.3 is 19.5 Å². The molecule has 0 saturated carbocycles. The smallest absolute Gasteiger partial charge is 0.324 e. The molecule has 10 heteroatoms. The van der Waals surface area contributed by atoms with Gasteiger partial charge in [-0.05, 0) is 42.7 Å². The number of nitrogens with one attached hydrogen (secondary N) is 2. The number of carbonyl (C=O) groups is 2. The Labute approximate surface area is 187 Å². The molecular formula is C22H26N2O7S. The molecule has 0 spiro atoms. The Morgan fingerprint density at radius 2 is 1.78 bits per heavy atom. The van der Waals surface area contributed by atoms with Gasteiger partial charge in [0.05, 0.1) is 4.90 Å². The quantitative estimate of drug-likeness (QED) is 0.577. The Kier molecular flexibility index (Phi) is 7.37. The number of esters is 1. The maximum absolute atomic E-state index is 12.9. The molecule has 1 aliphatic heterocycles. The van der Waals surface area contributed by atoms with Gasteiger partial charge in [-0.2, -0.15) is 4.72 Å². The van der Waals surface area contributed by atoms with Crippen LogP contribution in [0.15, 0.2) is 47.4 Å². The number of anilines is 1. The third-order valence-corrected chi connectivity index (χ3v) is 6.11. The second-order valence-electron chi connectivity index (χ2n) is 7.67. The fourth-order valence-electron chi connectivity index (χ4n) is 3.03. The molecule has 0 unspecified atom stereocenters. The molecule has 1 heterocycles. The van der Waals surface area contributed by atoms with E-state index in [4.69, 9.17) is 14.2 Å². The number of rotatable bonds is 8. The van der Waals surface area contributed by atoms with Crippen LogP contribution in [-0.2, 0) is 24.3 Å². The van der Waals surface area contributed by atoms with Crippen molar-refractivity contribution in [2.45, 2.75) is 31.7 Å². The number of carbonyl (C=O) groups excluding carboxylic acids is 2. The molecule has 2 aromatic rings. The van der Waals surface area contributed by atoms with Crippen molar-refractivity contribution in [2.24, 2.45) is 5.92 Å². The predicted molar refractivity (Wildman–Crippen MR) is 117 cm³/mol. The van der Waals surface area contributed by atoms with E-state index in [9.17, 15) is 18.0 Å². The van der Waals surface area contributed by atoms with Gasteiger partial charge in [-0.3, -0.25) is 9.59 Å². The maximum Gasteiger partial charge on any atom is 0.324 e. The highest BCUT2D eigenvalue weighted by Crippen LogP contribution is 2.32. The molecule has 9 nitrogen and oxygen atoms in total. The lowest BCUT2D eigenvalue weighted by Crippen LogP contribution is -2.45. The molecular weight excluding hydrogens is 436 g/mol. The highest BCUT2D eigenvalue weighted by atomic mass is 32.2. The molecule has 0 bridgehead atoms. The van der Waals surface area contributed by atoms with E-state index in [1.807, 2.05) is 13.0 Å². The first-order valence-corrected chi connectivity index (χ1v) is 11.6. The zero-order valence-corrected chi connectivity index (χ0v) is 18.9. The molecule has 0 aromatic heterocycles. The Hall–Kier alpha value is -3.11. The Balaban J connectivity index is 1.64. The lowest BCUT2D eigenvalue weighted by molar-refractivity contribution is -0.150. The molecule has 1 atom stereocenters. The summed E-state index contributed by atoms with van der Waals surface area (Å²) in [6.45, 7) is 5.39. The molecule has 172 valence electrons. The van der Waals surface area contributed by atoms with E-state index >= 15 is 0 Å². The van der Waals surface area contributed by atoms with E-state index in [1.165, 1.54) is 18.2 Å². The lowest BCUT2D eigenvalue weighted by atomic mass is 10.1. The highest BCUT2D eigenvalue weighted by molar-refractivity contribution is 7.89. The third kappa shape index (κ3) is 5.98. The van der Waals surface area contributed by atoms with Crippen molar-refractivity contribution in [2.75, 3.05) is 25.1 Å². The fraction of sp³-hybridized carbons (Fsp3) is 0.364. The first-order valence-electron chi connectivity index (χ1n) is 10.1. The van der Waals surface area contributed by atoms with Crippen molar-refractivity contribution in [3.63, 3.8) is 0 Å². The van der Waals surface area contributed by atoms with Crippen LogP contribution in [0.2, 0.25) is 0 Å². The van der Waals surface area contributed by atoms with Crippen molar-refractivity contribution < 1.29 is 32.2 Å². The van der Waals surface area contributed by atoms with Crippen molar-refractivity contribution in [3.05, 3.63) is 48.0 Å². The van der Waals surface area contributed by atoms with Crippen LogP contribution in [0.25, 0.3) is 0 Å². The molecule has 0 aliphatic carbocycles. The Bertz CT molecular complexity index is 1100. The largest absolute Gasteiger partial charge is 0.486 e. The molecule has 0 fully saturated rings. The number of hydrogen-bond acceptors (Lipinski definition) is 7. The summed E-state index contributed by atoms with van der Waals surface area (Å²) in [5.41, 5.74) is 1.54. The Morgan fingerprint density at radius 3 is 2.47 bits per heavy atom. The average molecular weight is 463 g/mol. The van der Waals surface area contributed by atoms with Crippen molar-refractivity contribution in [1.82, 2.24) is 4.72 Å². The number of benzene rings is 2. The number of ether oxygens (including phenoxy) is 3. The van der Waals surface area contributed by atoms with Gasteiger partial charge in [0, 0.05) is 11.8 Å². The summed E-state index contributed by atoms with van der Waals surface area (Å²) in [6.07, 6.45) is 0. The summed E-state index contributed by atoms with van der Waals surface area (Å²) in [4.78, 5) is 24.6. The van der Waals surface area contributed by atoms with E-state index < -0.39 is 40.5 Å². The zero-order chi connectivity index (χ0) is 23.3. The average Bonchev–Trinajstić information content (AvgIpc) is 2.75. The second kappa shape index (κ2) is 10.0. The van der Waals surface area contributed by atoms with Crippen LogP contribution in [0.4, 0.5) is 5.69 Å². The van der Waals surface area contributed by atoms with Gasteiger partial charge >= 0.3 is 5.97 Å². The monoisotopic (exact) mass is 462 g/mol. The molecule has 2 N–H and O–H groups in total. The van der Waals surface area contributed by atoms with Crippen LogP contribution < -0.4 is 19.5 Å². The fourth-order valence-corrected chi connectivity index (χ4v) is 4.38. The minimum absolute atomic E-state index is 0.0719. The number of amides is 1. The molecule has 2 aromatic carbocycles. The van der Waals surface area contributed by atoms with Crippen LogP contribution in [0.5, 0.6) is 11.5 Å². The maximum atomic E-state index is 12.9. The molecule has 1 amide bonds. The SMILES string of the molecule is Cc1cccc(NC(=O)COC(=O)[C@@H](NS(=O)(=O)c2ccc3c(c2)OCCO3)C(C)C)c1. The van der Waals surface area contributed by atoms with Gasteiger partial charge in [0.2, 0.25) is 10.0 Å². The van der Waals surface area contributed by atoms with Gasteiger partial charge in [0.15, 0.2) is 18.1 Å². The van der Waals surface area contributed by atoms with E-state index in [2.05, 4.69) is 10.0 Å². The Morgan fingerprint density at radius 1 is 1.06 bits per heavy atom. The molecule has 3 rings (SSSR count). The highest BCUT2D eigenvalue weighted by Gasteiger charge is 2.31. The summed E-state index contributed by atoms with van der Waals surface area (Å²) in [5.74, 6) is -1.03. The van der Waals surface area contributed by atoms with Crippen molar-refractivity contribution in [1.29, 1.82) is 0 Å². The van der Waals surface area contributed by atoms with Crippen LogP contribution in [-0.4, -0.2) is 46.2 Å². The third-order valence-electron chi connectivity index (χ3n) is 4.67. The molecule has 32 heavy (non-hydrogen) atoms. The summed E-state index contributed by atoms with van der Waals surface area (Å²) >= 11 is 0. The van der Waals surface area contributed by atoms with Crippen molar-refractivity contribution in [3.8, 4) is 11.5 Å². The van der Waals surface area contributed by atoms with E-state index in [1.54, 1.807) is 32.0 Å². The minimum atomic E-state index is -4.06. The number of aryl methyl sites for hydroxylation is 1. The van der Waals surface area contributed by atoms with Crippen LogP contribution in [0.3, 0.4) is 0 Å². The van der Waals surface area contributed by atoms with E-state index in [0.717, 1.165) is 5.56 Å². The van der Waals surface area contributed by atoms with Crippen LogP contribution in [0.1, 0.15) is 19.4 Å². The van der Waals surface area contributed by atoms with Gasteiger partial charge in [-0.25, -0.2) is 8.42 Å². The number of fused-ring (bicyclic) bond motifs is 1. The van der Waals surface area contributed by atoms with Gasteiger partial charge in [0.25, 0.3) is 5.91 Å². The first-order chi connectivity index (χ1) is 15.2. The molecule has 0 radical (unpaired) electrons. The topological polar surface area (TPSA) is 120 Å². The molecule has 0 saturated heterocycles. The van der Waals surface area contributed by atoms with Gasteiger partial charge in [-0.1, -0.05) is 26.0 Å². The van der Waals surface area contributed by atoms with Gasteiger partial charge in [-0.15, -0.1) is 0 Å². The lowest BCUT2D eigenvalue weighted by Gasteiger charge is -2.22. The molecule has 1 aliphatic rings.